The number of nitrogens with zero attached hydrogens (tertiary/aromatic N) is 4. The molecule has 0 saturated carbocycles. The second-order valence-electron chi connectivity index (χ2n) is 21.5. The summed E-state index contributed by atoms with van der Waals surface area (Å²) in [6.07, 6.45) is 1.98. The van der Waals surface area contributed by atoms with Crippen molar-refractivity contribution in [1.29, 1.82) is 0 Å². The molecule has 0 radical (unpaired) electrons. The predicted octanol–water partition coefficient (Wildman–Crippen LogP) is 12.3. The van der Waals surface area contributed by atoms with E-state index in [9.17, 15) is 0 Å². The van der Waals surface area contributed by atoms with Crippen LogP contribution in [0.15, 0.2) is 164 Å². The SMILES string of the molecule is CC(C)(C)c1cc(N2[CH-]N(Cc3ccccc3)c3ccccc32)[c-]c([Si]2(c3[c-]c4c(cc3)c3cc(C(C)(C)C)ccc3n4-c3cc(C(C)(C)C)ccn3)c3ccccc3-c3ccccc32)c1.[Pt]. The van der Waals surface area contributed by atoms with Gasteiger partial charge in [0.1, 0.15) is 13.9 Å². The van der Waals surface area contributed by atoms with Gasteiger partial charge >= 0.3 is 0 Å². The van der Waals surface area contributed by atoms with Gasteiger partial charge in [-0.1, -0.05) is 171 Å². The van der Waals surface area contributed by atoms with Gasteiger partial charge in [-0.25, -0.2) is 4.98 Å². The summed E-state index contributed by atoms with van der Waals surface area (Å²) in [4.78, 5) is 9.87. The summed E-state index contributed by atoms with van der Waals surface area (Å²) >= 11 is 0. The van der Waals surface area contributed by atoms with Crippen molar-refractivity contribution in [2.24, 2.45) is 0 Å². The average Bonchev–Trinajstić information content (AvgIpc) is 3.94. The number of pyridine rings is 1. The van der Waals surface area contributed by atoms with Gasteiger partial charge in [0.25, 0.3) is 0 Å². The maximum absolute atomic E-state index is 5.12. The maximum atomic E-state index is 5.12. The molecule has 6 heteroatoms. The Morgan fingerprint density at radius 1 is 0.537 bits per heavy atom. The molecule has 7 aromatic carbocycles. The molecule has 0 fully saturated rings. The van der Waals surface area contributed by atoms with Crippen LogP contribution in [-0.2, 0) is 43.9 Å². The molecule has 2 aliphatic heterocycles. The summed E-state index contributed by atoms with van der Waals surface area (Å²) in [6, 6.07) is 67.5. The van der Waals surface area contributed by atoms with Crippen molar-refractivity contribution in [2.75, 3.05) is 9.80 Å². The van der Waals surface area contributed by atoms with Crippen LogP contribution in [0.2, 0.25) is 0 Å². The number of rotatable bonds is 6. The maximum Gasteiger partial charge on any atom is 0.135 e. The van der Waals surface area contributed by atoms with E-state index in [-0.39, 0.29) is 37.3 Å². The minimum Gasteiger partial charge on any atom is -0.498 e. The van der Waals surface area contributed by atoms with Crippen molar-refractivity contribution in [3.05, 3.63) is 205 Å². The molecule has 0 N–H and O–H groups in total. The molecule has 338 valence electrons. The minimum absolute atomic E-state index is 0. The van der Waals surface area contributed by atoms with Gasteiger partial charge in [0.15, 0.2) is 0 Å². The summed E-state index contributed by atoms with van der Waals surface area (Å²) in [6.45, 7) is 23.8. The summed E-state index contributed by atoms with van der Waals surface area (Å²) in [7, 11) is -3.16. The first-order valence-corrected chi connectivity index (χ1v) is 25.4. The number of benzene rings is 7. The van der Waals surface area contributed by atoms with E-state index in [0.29, 0.717) is 0 Å². The molecule has 11 rings (SSSR count). The monoisotopic (exact) mass is 1070 g/mol. The average molecular weight is 1070 g/mol. The second-order valence-corrected chi connectivity index (χ2v) is 25.1. The molecule has 0 amide bonds. The van der Waals surface area contributed by atoms with E-state index in [1.807, 2.05) is 6.20 Å². The van der Waals surface area contributed by atoms with Gasteiger partial charge < -0.3 is 14.4 Å². The zero-order chi connectivity index (χ0) is 45.8. The van der Waals surface area contributed by atoms with E-state index in [0.717, 1.165) is 34.8 Å². The van der Waals surface area contributed by atoms with Gasteiger partial charge in [0, 0.05) is 50.7 Å². The van der Waals surface area contributed by atoms with Crippen LogP contribution >= 0.6 is 0 Å². The van der Waals surface area contributed by atoms with Crippen LogP contribution in [-0.4, -0.2) is 17.6 Å². The Bertz CT molecular complexity index is 3300. The molecule has 0 unspecified atom stereocenters. The zero-order valence-electron chi connectivity index (χ0n) is 40.0. The number of anilines is 3. The first-order valence-electron chi connectivity index (χ1n) is 23.4. The fraction of sp³-hybridized carbons (Fsp3) is 0.213. The van der Waals surface area contributed by atoms with E-state index in [2.05, 4.69) is 253 Å². The fourth-order valence-electron chi connectivity index (χ4n) is 10.4. The van der Waals surface area contributed by atoms with Crippen molar-refractivity contribution in [3.8, 4) is 16.9 Å². The predicted molar refractivity (Wildman–Crippen MR) is 280 cm³/mol. The van der Waals surface area contributed by atoms with Crippen LogP contribution < -0.4 is 30.5 Å². The van der Waals surface area contributed by atoms with Gasteiger partial charge in [-0.2, -0.15) is 52.9 Å². The van der Waals surface area contributed by atoms with Gasteiger partial charge in [0.2, 0.25) is 0 Å². The van der Waals surface area contributed by atoms with Crippen LogP contribution in [0.4, 0.5) is 17.1 Å². The van der Waals surface area contributed by atoms with Crippen LogP contribution in [0.3, 0.4) is 0 Å². The third-order valence-electron chi connectivity index (χ3n) is 14.0. The van der Waals surface area contributed by atoms with Gasteiger partial charge in [0.05, 0.1) is 0 Å². The Kier molecular flexibility index (Phi) is 10.9. The molecular formula is C61H57N4PtSi-3. The molecule has 2 aromatic heterocycles. The largest absolute Gasteiger partial charge is 0.498 e. The van der Waals surface area contributed by atoms with E-state index in [1.54, 1.807) is 0 Å². The molecule has 0 spiro atoms. The van der Waals surface area contributed by atoms with Crippen molar-refractivity contribution in [2.45, 2.75) is 85.1 Å². The fourth-order valence-corrected chi connectivity index (χ4v) is 15.4. The van der Waals surface area contributed by atoms with E-state index < -0.39 is 8.07 Å². The van der Waals surface area contributed by atoms with Crippen LogP contribution in [0.1, 0.15) is 84.6 Å². The second kappa shape index (κ2) is 16.4. The molecular weight excluding hydrogens is 1010 g/mol. The molecule has 67 heavy (non-hydrogen) atoms. The molecule has 0 atom stereocenters. The van der Waals surface area contributed by atoms with Crippen LogP contribution in [0.25, 0.3) is 38.8 Å². The first kappa shape index (κ1) is 44.8. The standard InChI is InChI=1S/C61H57N4Si.Pt/c1-59(2,3)42-27-30-52-51(35-42)48-29-28-46(38-55(48)65(52)58-36-43(31-32-62-58)60(4,5)6)66(56-25-17-13-21-49(56)50-22-14-18-26-57(50)66)47-34-44(61(7,8)9)33-45(37-47)64-40-63(39-41-19-11-10-12-20-41)53-23-15-16-24-54(53)64;/h10-36,40H,39H2,1-9H3;/q-3;. The van der Waals surface area contributed by atoms with Crippen LogP contribution in [0, 0.1) is 18.8 Å². The summed E-state index contributed by atoms with van der Waals surface area (Å²) in [5.74, 6) is 0.911. The third kappa shape index (κ3) is 7.41. The smallest absolute Gasteiger partial charge is 0.135 e. The molecule has 4 heterocycles. The Hall–Kier alpha value is -6.00. The minimum atomic E-state index is -3.16. The Morgan fingerprint density at radius 2 is 1.15 bits per heavy atom. The molecule has 0 bridgehead atoms. The number of hydrogen-bond donors (Lipinski definition) is 0. The number of fused-ring (bicyclic) bond motifs is 7. The van der Waals surface area contributed by atoms with Crippen molar-refractivity contribution >= 4 is 67.7 Å². The topological polar surface area (TPSA) is 24.3 Å². The van der Waals surface area contributed by atoms with E-state index in [4.69, 9.17) is 4.98 Å². The Morgan fingerprint density at radius 3 is 1.82 bits per heavy atom. The van der Waals surface area contributed by atoms with E-state index >= 15 is 0 Å². The van der Waals surface area contributed by atoms with Gasteiger partial charge in [-0.05, 0) is 90.2 Å². The number of aromatic nitrogens is 2. The van der Waals surface area contributed by atoms with Crippen molar-refractivity contribution in [1.82, 2.24) is 9.55 Å². The Balaban J connectivity index is 0.00000525. The molecule has 9 aromatic rings. The first-order chi connectivity index (χ1) is 31.6. The summed E-state index contributed by atoms with van der Waals surface area (Å²) < 4.78 is 2.38. The Labute approximate surface area is 412 Å². The van der Waals surface area contributed by atoms with Crippen molar-refractivity contribution < 1.29 is 21.1 Å². The van der Waals surface area contributed by atoms with Gasteiger partial charge in [-0.15, -0.1) is 17.1 Å². The quantitative estimate of drug-likeness (QED) is 0.123. The molecule has 0 aliphatic carbocycles. The van der Waals surface area contributed by atoms with Crippen LogP contribution in [0.5, 0.6) is 0 Å². The zero-order valence-corrected chi connectivity index (χ0v) is 43.3. The van der Waals surface area contributed by atoms with Crippen molar-refractivity contribution in [3.63, 3.8) is 0 Å². The van der Waals surface area contributed by atoms with Gasteiger partial charge in [-0.3, -0.25) is 0 Å². The normalized spacial score (nSPS) is 14.3. The third-order valence-corrected chi connectivity index (χ3v) is 18.7. The summed E-state index contributed by atoms with van der Waals surface area (Å²) in [5.41, 5.74) is 13.1. The number of para-hydroxylation sites is 2. The van der Waals surface area contributed by atoms with E-state index in [1.165, 1.54) is 70.6 Å². The molecule has 0 saturated heterocycles. The molecule has 2 aliphatic rings. The summed E-state index contributed by atoms with van der Waals surface area (Å²) in [5, 5.41) is 7.59. The number of hydrogen-bond acceptors (Lipinski definition) is 3. The molecule has 4 nitrogen and oxygen atoms in total.